The summed E-state index contributed by atoms with van der Waals surface area (Å²) in [5.74, 6) is -0.501. The topological polar surface area (TPSA) is 121 Å². The Morgan fingerprint density at radius 1 is 1.10 bits per heavy atom. The first kappa shape index (κ1) is 20.1. The maximum atomic E-state index is 12.4. The molecule has 150 valence electrons. The first-order chi connectivity index (χ1) is 13.8. The molecule has 1 atom stereocenters. The van der Waals surface area contributed by atoms with E-state index in [0.29, 0.717) is 0 Å². The number of rotatable bonds is 4. The van der Waals surface area contributed by atoms with Crippen LogP contribution in [-0.2, 0) is 9.59 Å². The Bertz CT molecular complexity index is 1010. The van der Waals surface area contributed by atoms with Crippen LogP contribution in [0.2, 0.25) is 0 Å². The SMILES string of the molecule is Cc1ccc(C)c(NC(=O)CC2N=C(/N=C(\N)Nc3ccccc3C)NC2=O)c1. The van der Waals surface area contributed by atoms with Gasteiger partial charge in [0.1, 0.15) is 6.04 Å². The first-order valence-corrected chi connectivity index (χ1v) is 9.24. The minimum atomic E-state index is -0.842. The van der Waals surface area contributed by atoms with Gasteiger partial charge in [-0.05, 0) is 49.6 Å². The molecule has 0 aliphatic carbocycles. The van der Waals surface area contributed by atoms with Gasteiger partial charge < -0.3 is 16.4 Å². The number of amides is 2. The molecule has 2 aromatic carbocycles. The van der Waals surface area contributed by atoms with Crippen molar-refractivity contribution in [2.75, 3.05) is 10.6 Å². The Labute approximate surface area is 169 Å². The van der Waals surface area contributed by atoms with Crippen LogP contribution >= 0.6 is 0 Å². The van der Waals surface area contributed by atoms with Crippen molar-refractivity contribution < 1.29 is 9.59 Å². The predicted molar refractivity (Wildman–Crippen MR) is 115 cm³/mol. The molecule has 5 N–H and O–H groups in total. The highest BCUT2D eigenvalue weighted by Gasteiger charge is 2.28. The summed E-state index contributed by atoms with van der Waals surface area (Å²) in [6, 6.07) is 12.6. The number of benzene rings is 2. The van der Waals surface area contributed by atoms with Gasteiger partial charge in [0, 0.05) is 11.4 Å². The van der Waals surface area contributed by atoms with Crippen LogP contribution in [0, 0.1) is 20.8 Å². The van der Waals surface area contributed by atoms with E-state index in [0.717, 1.165) is 28.1 Å². The highest BCUT2D eigenvalue weighted by Crippen LogP contribution is 2.17. The van der Waals surface area contributed by atoms with Crippen molar-refractivity contribution in [3.05, 3.63) is 59.2 Å². The van der Waals surface area contributed by atoms with Crippen molar-refractivity contribution in [1.29, 1.82) is 0 Å². The highest BCUT2D eigenvalue weighted by molar-refractivity contribution is 6.11. The van der Waals surface area contributed by atoms with E-state index in [4.69, 9.17) is 5.73 Å². The van der Waals surface area contributed by atoms with E-state index in [-0.39, 0.29) is 30.2 Å². The fourth-order valence-electron chi connectivity index (χ4n) is 2.87. The summed E-state index contributed by atoms with van der Waals surface area (Å²) in [4.78, 5) is 32.8. The van der Waals surface area contributed by atoms with Crippen LogP contribution in [0.25, 0.3) is 0 Å². The van der Waals surface area contributed by atoms with Crippen molar-refractivity contribution in [1.82, 2.24) is 5.32 Å². The Kier molecular flexibility index (Phi) is 5.92. The summed E-state index contributed by atoms with van der Waals surface area (Å²) >= 11 is 0. The number of nitrogens with one attached hydrogen (secondary N) is 3. The number of aliphatic imine (C=N–C) groups is 2. The highest BCUT2D eigenvalue weighted by atomic mass is 16.2. The van der Waals surface area contributed by atoms with Crippen LogP contribution in [0.3, 0.4) is 0 Å². The van der Waals surface area contributed by atoms with Gasteiger partial charge in [-0.2, -0.15) is 4.99 Å². The smallest absolute Gasteiger partial charge is 0.252 e. The van der Waals surface area contributed by atoms with Crippen LogP contribution < -0.4 is 21.7 Å². The molecule has 1 aliphatic heterocycles. The Morgan fingerprint density at radius 2 is 1.83 bits per heavy atom. The van der Waals surface area contributed by atoms with Crippen LogP contribution in [0.4, 0.5) is 11.4 Å². The third-order valence-electron chi connectivity index (χ3n) is 4.50. The van der Waals surface area contributed by atoms with E-state index < -0.39 is 6.04 Å². The number of para-hydroxylation sites is 1. The molecule has 0 fully saturated rings. The number of carbonyl (C=O) groups is 2. The average Bonchev–Trinajstić information content (AvgIpc) is 2.98. The maximum absolute atomic E-state index is 12.4. The number of nitrogens with zero attached hydrogens (tertiary/aromatic N) is 2. The standard InChI is InChI=1S/C21H24N6O2/c1-12-8-9-14(3)16(10-12)23-18(28)11-17-19(29)26-21(25-17)27-20(22)24-15-7-5-4-6-13(15)2/h4-10,17H,11H2,1-3H3,(H,23,28)(H4,22,24,25,26,27,29). The molecule has 1 heterocycles. The van der Waals surface area contributed by atoms with Crippen LogP contribution in [0.15, 0.2) is 52.4 Å². The second-order valence-electron chi connectivity index (χ2n) is 6.97. The van der Waals surface area contributed by atoms with Crippen LogP contribution in [0.1, 0.15) is 23.1 Å². The van der Waals surface area contributed by atoms with E-state index in [1.807, 2.05) is 63.2 Å². The Balaban J connectivity index is 1.64. The molecular weight excluding hydrogens is 368 g/mol. The van der Waals surface area contributed by atoms with Gasteiger partial charge in [0.05, 0.1) is 6.42 Å². The molecule has 0 radical (unpaired) electrons. The monoisotopic (exact) mass is 392 g/mol. The third kappa shape index (κ3) is 5.19. The number of guanidine groups is 2. The molecule has 1 aliphatic rings. The molecule has 0 spiro atoms. The van der Waals surface area contributed by atoms with E-state index in [9.17, 15) is 9.59 Å². The fourth-order valence-corrected chi connectivity index (χ4v) is 2.87. The Hall–Kier alpha value is -3.68. The third-order valence-corrected chi connectivity index (χ3v) is 4.50. The minimum Gasteiger partial charge on any atom is -0.369 e. The van der Waals surface area contributed by atoms with Crippen LogP contribution in [-0.4, -0.2) is 29.8 Å². The van der Waals surface area contributed by atoms with Gasteiger partial charge >= 0.3 is 0 Å². The second-order valence-corrected chi connectivity index (χ2v) is 6.97. The number of anilines is 2. The molecule has 1 unspecified atom stereocenters. The summed E-state index contributed by atoms with van der Waals surface area (Å²) in [7, 11) is 0. The zero-order valence-electron chi connectivity index (χ0n) is 16.6. The van der Waals surface area contributed by atoms with Gasteiger partial charge in [-0.15, -0.1) is 0 Å². The molecule has 0 saturated heterocycles. The van der Waals surface area contributed by atoms with Crippen molar-refractivity contribution in [2.45, 2.75) is 33.2 Å². The van der Waals surface area contributed by atoms with Crippen molar-refractivity contribution in [2.24, 2.45) is 15.7 Å². The number of carbonyl (C=O) groups excluding carboxylic acids is 2. The molecule has 0 saturated carbocycles. The molecule has 0 bridgehead atoms. The van der Waals surface area contributed by atoms with Crippen molar-refractivity contribution in [3.8, 4) is 0 Å². The maximum Gasteiger partial charge on any atom is 0.252 e. The lowest BCUT2D eigenvalue weighted by molar-refractivity contribution is -0.123. The molecule has 2 amide bonds. The first-order valence-electron chi connectivity index (χ1n) is 9.24. The molecular formula is C21H24N6O2. The van der Waals surface area contributed by atoms with Gasteiger partial charge in [-0.3, -0.25) is 14.9 Å². The number of hydrogen-bond acceptors (Lipinski definition) is 4. The molecule has 29 heavy (non-hydrogen) atoms. The number of hydrogen-bond donors (Lipinski definition) is 4. The largest absolute Gasteiger partial charge is 0.369 e. The lowest BCUT2D eigenvalue weighted by Crippen LogP contribution is -2.32. The quantitative estimate of drug-likeness (QED) is 0.471. The predicted octanol–water partition coefficient (Wildman–Crippen LogP) is 2.22. The summed E-state index contributed by atoms with van der Waals surface area (Å²) in [6.45, 7) is 5.80. The summed E-state index contributed by atoms with van der Waals surface area (Å²) in [6.07, 6.45) is -0.0800. The zero-order valence-corrected chi connectivity index (χ0v) is 16.6. The average molecular weight is 392 g/mol. The van der Waals surface area contributed by atoms with Gasteiger partial charge in [0.25, 0.3) is 5.91 Å². The van der Waals surface area contributed by atoms with Gasteiger partial charge in [-0.1, -0.05) is 30.3 Å². The molecule has 2 aromatic rings. The van der Waals surface area contributed by atoms with E-state index >= 15 is 0 Å². The molecule has 8 nitrogen and oxygen atoms in total. The zero-order chi connectivity index (χ0) is 21.0. The lowest BCUT2D eigenvalue weighted by Gasteiger charge is -2.10. The minimum absolute atomic E-state index is 0.0800. The molecule has 0 aromatic heterocycles. The van der Waals surface area contributed by atoms with E-state index in [1.54, 1.807) is 0 Å². The fraction of sp³-hybridized carbons (Fsp3) is 0.238. The second kappa shape index (κ2) is 8.55. The van der Waals surface area contributed by atoms with Gasteiger partial charge in [0.15, 0.2) is 0 Å². The van der Waals surface area contributed by atoms with Crippen LogP contribution in [0.5, 0.6) is 0 Å². The number of nitrogens with two attached hydrogens (primary N) is 1. The molecule has 3 rings (SSSR count). The van der Waals surface area contributed by atoms with E-state index in [1.165, 1.54) is 0 Å². The van der Waals surface area contributed by atoms with Crippen molar-refractivity contribution >= 4 is 35.1 Å². The van der Waals surface area contributed by atoms with E-state index in [2.05, 4.69) is 25.9 Å². The number of aryl methyl sites for hydroxylation is 3. The lowest BCUT2D eigenvalue weighted by atomic mass is 10.1. The van der Waals surface area contributed by atoms with Gasteiger partial charge in [-0.25, -0.2) is 4.99 Å². The van der Waals surface area contributed by atoms with Crippen molar-refractivity contribution in [3.63, 3.8) is 0 Å². The summed E-state index contributed by atoms with van der Waals surface area (Å²) in [5, 5.41) is 8.35. The molecule has 8 heteroatoms. The Morgan fingerprint density at radius 3 is 2.59 bits per heavy atom. The summed E-state index contributed by atoms with van der Waals surface area (Å²) in [5.41, 5.74) is 10.4. The summed E-state index contributed by atoms with van der Waals surface area (Å²) < 4.78 is 0. The normalized spacial score (nSPS) is 16.2. The van der Waals surface area contributed by atoms with Gasteiger partial charge in [0.2, 0.25) is 17.8 Å².